The highest BCUT2D eigenvalue weighted by atomic mass is 19.2. The van der Waals surface area contributed by atoms with Gasteiger partial charge in [0.2, 0.25) is 5.91 Å². The molecule has 3 fully saturated rings. The summed E-state index contributed by atoms with van der Waals surface area (Å²) < 4.78 is 30.4. The molecule has 2 aromatic carbocycles. The van der Waals surface area contributed by atoms with E-state index in [1.165, 1.54) is 17.2 Å². The fourth-order valence-electron chi connectivity index (χ4n) is 7.31. The van der Waals surface area contributed by atoms with E-state index in [1.807, 2.05) is 45.9 Å². The number of carbonyl (C=O) groups is 3. The predicted molar refractivity (Wildman–Crippen MR) is 150 cm³/mol. The van der Waals surface area contributed by atoms with Crippen molar-refractivity contribution in [2.45, 2.75) is 59.0 Å². The number of aryl methyl sites for hydroxylation is 2. The zero-order valence-electron chi connectivity index (χ0n) is 23.8. The van der Waals surface area contributed by atoms with Gasteiger partial charge in [0, 0.05) is 42.7 Å². The number of carboxylic acid groups (broad SMARTS) is 1. The zero-order chi connectivity index (χ0) is 29.9. The van der Waals surface area contributed by atoms with Crippen LogP contribution in [0, 0.1) is 47.6 Å². The number of fused-ring (bicyclic) bond motifs is 1. The Labute approximate surface area is 238 Å². The van der Waals surface area contributed by atoms with E-state index in [9.17, 15) is 19.5 Å². The molecule has 5 rings (SSSR count). The third kappa shape index (κ3) is 4.57. The number of hydrogen-bond acceptors (Lipinski definition) is 4. The molecule has 2 heterocycles. The summed E-state index contributed by atoms with van der Waals surface area (Å²) in [7, 11) is 0. The molecule has 2 saturated heterocycles. The van der Waals surface area contributed by atoms with Crippen molar-refractivity contribution in [3.8, 4) is 11.1 Å². The minimum absolute atomic E-state index is 0.191. The summed E-state index contributed by atoms with van der Waals surface area (Å²) in [5.41, 5.74) is 1.33. The van der Waals surface area contributed by atoms with Gasteiger partial charge in [-0.2, -0.15) is 0 Å². The minimum Gasteiger partial charge on any atom is -0.481 e. The molecule has 3 N–H and O–H groups in total. The molecule has 3 aliphatic rings. The fourth-order valence-corrected chi connectivity index (χ4v) is 7.31. The summed E-state index contributed by atoms with van der Waals surface area (Å²) in [6.45, 7) is 8.92. The molecule has 218 valence electrons. The molecule has 10 heteroatoms. The molecular formula is C31H36F2N4O4. The van der Waals surface area contributed by atoms with Crippen LogP contribution >= 0.6 is 0 Å². The molecular weight excluding hydrogens is 530 g/mol. The SMILES string of the molecule is Cc1cccc(C)c1-c1cc(F)c(F)c([C@H](CC(=O)O)NC(=O)[C@@H]2[C@H]3C(C)(C)C3(C=N)CN2C(=O)N2CCCC2)c1. The molecule has 1 aliphatic carbocycles. The van der Waals surface area contributed by atoms with E-state index < -0.39 is 52.8 Å². The Morgan fingerprint density at radius 2 is 1.78 bits per heavy atom. The van der Waals surface area contributed by atoms with Gasteiger partial charge in [-0.3, -0.25) is 9.59 Å². The number of amides is 3. The second-order valence-electron chi connectivity index (χ2n) is 12.2. The van der Waals surface area contributed by atoms with E-state index in [2.05, 4.69) is 5.32 Å². The lowest BCUT2D eigenvalue weighted by Gasteiger charge is -2.34. The average Bonchev–Trinajstić information content (AvgIpc) is 3.36. The van der Waals surface area contributed by atoms with Crippen molar-refractivity contribution in [3.63, 3.8) is 0 Å². The third-order valence-corrected chi connectivity index (χ3v) is 9.58. The van der Waals surface area contributed by atoms with Crippen LogP contribution in [0.4, 0.5) is 13.6 Å². The van der Waals surface area contributed by atoms with Gasteiger partial charge in [-0.1, -0.05) is 32.0 Å². The van der Waals surface area contributed by atoms with Crippen LogP contribution in [0.25, 0.3) is 11.1 Å². The normalized spacial score (nSPS) is 25.0. The van der Waals surface area contributed by atoms with Crippen molar-refractivity contribution >= 4 is 24.1 Å². The molecule has 0 radical (unpaired) electrons. The predicted octanol–water partition coefficient (Wildman–Crippen LogP) is 5.07. The summed E-state index contributed by atoms with van der Waals surface area (Å²) in [6.07, 6.45) is 2.36. The maximum absolute atomic E-state index is 15.3. The molecule has 0 bridgehead atoms. The standard InChI is InChI=1S/C31H36F2N4O4/c1-17-8-7-9-18(2)24(17)19-12-20(25(33)21(32)13-19)22(14-23(38)39)35-28(40)26-27-30(3,4)31(27,15-34)16-37(26)29(41)36-10-5-6-11-36/h7-9,12-13,15,22,26-27,34H,5-6,10-11,14,16H2,1-4H3,(H,35,40)(H,38,39)/t22-,26-,27-,31?/m0/s1. The molecule has 1 unspecified atom stereocenters. The van der Waals surface area contributed by atoms with Crippen molar-refractivity contribution in [1.82, 2.24) is 15.1 Å². The first-order valence-electron chi connectivity index (χ1n) is 14.0. The van der Waals surface area contributed by atoms with Crippen LogP contribution in [0.15, 0.2) is 30.3 Å². The fraction of sp³-hybridized carbons (Fsp3) is 0.484. The largest absolute Gasteiger partial charge is 0.481 e. The Hall–Kier alpha value is -3.82. The number of rotatable bonds is 7. The van der Waals surface area contributed by atoms with Gasteiger partial charge in [0.25, 0.3) is 0 Å². The van der Waals surface area contributed by atoms with Crippen molar-refractivity contribution in [2.24, 2.45) is 16.7 Å². The van der Waals surface area contributed by atoms with E-state index in [0.29, 0.717) is 24.2 Å². The quantitative estimate of drug-likeness (QED) is 0.406. The lowest BCUT2D eigenvalue weighted by molar-refractivity contribution is -0.138. The van der Waals surface area contributed by atoms with Crippen molar-refractivity contribution < 1.29 is 28.3 Å². The van der Waals surface area contributed by atoms with Gasteiger partial charge in [0.1, 0.15) is 6.04 Å². The number of benzene rings is 2. The monoisotopic (exact) mass is 566 g/mol. The topological polar surface area (TPSA) is 114 Å². The molecule has 2 aliphatic heterocycles. The lowest BCUT2D eigenvalue weighted by Crippen LogP contribution is -2.54. The van der Waals surface area contributed by atoms with Gasteiger partial charge >= 0.3 is 12.0 Å². The summed E-state index contributed by atoms with van der Waals surface area (Å²) in [6, 6.07) is 5.35. The van der Waals surface area contributed by atoms with E-state index >= 15 is 8.78 Å². The molecule has 41 heavy (non-hydrogen) atoms. The number of piperidine rings is 1. The van der Waals surface area contributed by atoms with Gasteiger partial charge in [-0.15, -0.1) is 0 Å². The average molecular weight is 567 g/mol. The Morgan fingerprint density at radius 3 is 2.37 bits per heavy atom. The zero-order valence-corrected chi connectivity index (χ0v) is 23.8. The minimum atomic E-state index is -1.39. The van der Waals surface area contributed by atoms with Crippen molar-refractivity contribution in [3.05, 3.63) is 58.7 Å². The number of halogens is 2. The molecule has 8 nitrogen and oxygen atoms in total. The van der Waals surface area contributed by atoms with Crippen LogP contribution in [0.5, 0.6) is 0 Å². The highest BCUT2D eigenvalue weighted by molar-refractivity contribution is 5.93. The number of hydrogen-bond donors (Lipinski definition) is 3. The third-order valence-electron chi connectivity index (χ3n) is 9.58. The van der Waals surface area contributed by atoms with Gasteiger partial charge in [0.05, 0.1) is 12.5 Å². The van der Waals surface area contributed by atoms with Crippen LogP contribution in [-0.4, -0.2) is 64.7 Å². The van der Waals surface area contributed by atoms with Crippen LogP contribution in [0.2, 0.25) is 0 Å². The van der Waals surface area contributed by atoms with E-state index in [4.69, 9.17) is 5.41 Å². The maximum atomic E-state index is 15.3. The molecule has 0 aromatic heterocycles. The Bertz CT molecular complexity index is 1420. The Morgan fingerprint density at radius 1 is 1.15 bits per heavy atom. The molecule has 1 saturated carbocycles. The number of urea groups is 1. The van der Waals surface area contributed by atoms with E-state index in [1.54, 1.807) is 4.90 Å². The highest BCUT2D eigenvalue weighted by Crippen LogP contribution is 2.73. The van der Waals surface area contributed by atoms with Crippen LogP contribution in [-0.2, 0) is 9.59 Å². The van der Waals surface area contributed by atoms with E-state index in [0.717, 1.165) is 30.0 Å². The van der Waals surface area contributed by atoms with Gasteiger partial charge in [-0.05, 0) is 66.5 Å². The van der Waals surface area contributed by atoms with Crippen LogP contribution in [0.1, 0.15) is 55.8 Å². The first-order chi connectivity index (χ1) is 19.3. The van der Waals surface area contributed by atoms with Gasteiger partial charge < -0.3 is 25.6 Å². The number of nitrogens with zero attached hydrogens (tertiary/aromatic N) is 2. The summed E-state index contributed by atoms with van der Waals surface area (Å²) >= 11 is 0. The second kappa shape index (κ2) is 10.2. The van der Waals surface area contributed by atoms with E-state index in [-0.39, 0.29) is 24.1 Å². The maximum Gasteiger partial charge on any atom is 0.320 e. The number of carboxylic acids is 1. The number of aliphatic carboxylic acids is 1. The first kappa shape index (κ1) is 28.7. The Balaban J connectivity index is 1.52. The number of carbonyl (C=O) groups excluding carboxylic acids is 2. The molecule has 3 amide bonds. The van der Waals surface area contributed by atoms with Crippen LogP contribution < -0.4 is 5.32 Å². The summed E-state index contributed by atoms with van der Waals surface area (Å²) in [5.74, 6) is -4.69. The number of nitrogens with one attached hydrogen (secondary N) is 2. The molecule has 2 aromatic rings. The smallest absolute Gasteiger partial charge is 0.320 e. The second-order valence-corrected chi connectivity index (χ2v) is 12.2. The van der Waals surface area contributed by atoms with Crippen molar-refractivity contribution in [2.75, 3.05) is 19.6 Å². The first-order valence-corrected chi connectivity index (χ1v) is 14.0. The van der Waals surface area contributed by atoms with Crippen LogP contribution in [0.3, 0.4) is 0 Å². The van der Waals surface area contributed by atoms with Gasteiger partial charge in [-0.25, -0.2) is 13.6 Å². The summed E-state index contributed by atoms with van der Waals surface area (Å²) in [5, 5.41) is 20.5. The number of likely N-dealkylation sites (tertiary alicyclic amines) is 2. The highest BCUT2D eigenvalue weighted by Gasteiger charge is 2.79. The molecule has 0 spiro atoms. The Kier molecular flexibility index (Phi) is 7.16. The summed E-state index contributed by atoms with van der Waals surface area (Å²) in [4.78, 5) is 42.5. The van der Waals surface area contributed by atoms with Crippen molar-refractivity contribution in [1.29, 1.82) is 5.41 Å². The van der Waals surface area contributed by atoms with Gasteiger partial charge in [0.15, 0.2) is 11.6 Å². The lowest BCUT2D eigenvalue weighted by atomic mass is 9.92. The molecule has 4 atom stereocenters.